The minimum Gasteiger partial charge on any atom is -0.493 e. The highest BCUT2D eigenvalue weighted by molar-refractivity contribution is 6.12. The van der Waals surface area contributed by atoms with Gasteiger partial charge in [0.25, 0.3) is 0 Å². The molecule has 0 spiro atoms. The summed E-state index contributed by atoms with van der Waals surface area (Å²) in [6.45, 7) is 2.19. The number of fused-ring (bicyclic) bond motifs is 3. The maximum atomic E-state index is 6.00. The molecule has 0 atom stereocenters. The third kappa shape index (κ3) is 4.67. The number of amidine groups is 1. The zero-order valence-corrected chi connectivity index (χ0v) is 19.4. The van der Waals surface area contributed by atoms with Gasteiger partial charge in [-0.3, -0.25) is 4.99 Å². The van der Waals surface area contributed by atoms with E-state index in [4.69, 9.17) is 19.2 Å². The van der Waals surface area contributed by atoms with E-state index in [0.29, 0.717) is 18.1 Å². The fraction of sp³-hybridized carbons (Fsp3) is 0.192. The Kier molecular flexibility index (Phi) is 7.63. The molecule has 3 aromatic carbocycles. The molecule has 0 unspecified atom stereocenters. The standard InChI is InChI=1S/C26H24N2O3.ClH.H2O/c1-29-24-12-7-18(15-25(24)30-2)17-31-21-10-8-19(9-11-21)23-16-20-5-3-4-6-22(20)26-27-13-14-28(23)26;;/h3-12,15-16H,13-14,17H2,1-2H3;1H;1H2. The van der Waals surface area contributed by atoms with Crippen LogP contribution in [0.2, 0.25) is 0 Å². The molecule has 2 aliphatic rings. The van der Waals surface area contributed by atoms with Crippen molar-refractivity contribution in [2.75, 3.05) is 27.3 Å². The van der Waals surface area contributed by atoms with Gasteiger partial charge in [0.05, 0.1) is 26.5 Å². The molecule has 2 aliphatic heterocycles. The maximum absolute atomic E-state index is 6.00. The topological polar surface area (TPSA) is 74.8 Å². The highest BCUT2D eigenvalue weighted by Crippen LogP contribution is 2.34. The number of hydrogen-bond donors (Lipinski definition) is 0. The maximum Gasteiger partial charge on any atom is 0.161 e. The largest absolute Gasteiger partial charge is 0.493 e. The van der Waals surface area contributed by atoms with Crippen LogP contribution in [0.15, 0.2) is 71.7 Å². The van der Waals surface area contributed by atoms with Crippen molar-refractivity contribution >= 4 is 30.0 Å². The Bertz CT molecular complexity index is 1180. The summed E-state index contributed by atoms with van der Waals surface area (Å²) in [5.41, 5.74) is 5.78. The summed E-state index contributed by atoms with van der Waals surface area (Å²) in [5, 5.41) is 0. The number of rotatable bonds is 6. The number of nitrogens with zero attached hydrogens (tertiary/aromatic N) is 2. The van der Waals surface area contributed by atoms with E-state index in [2.05, 4.69) is 47.4 Å². The molecule has 7 heteroatoms. The number of hydrogen-bond acceptors (Lipinski definition) is 5. The second-order valence-electron chi connectivity index (χ2n) is 7.48. The number of halogens is 1. The molecule has 0 radical (unpaired) electrons. The van der Waals surface area contributed by atoms with E-state index >= 15 is 0 Å². The third-order valence-corrected chi connectivity index (χ3v) is 5.63. The Morgan fingerprint density at radius 3 is 2.42 bits per heavy atom. The van der Waals surface area contributed by atoms with E-state index in [1.165, 1.54) is 16.8 Å². The first-order valence-corrected chi connectivity index (χ1v) is 10.3. The van der Waals surface area contributed by atoms with E-state index in [-0.39, 0.29) is 17.9 Å². The van der Waals surface area contributed by atoms with Crippen molar-refractivity contribution in [3.05, 3.63) is 89.0 Å². The van der Waals surface area contributed by atoms with Crippen molar-refractivity contribution < 1.29 is 19.7 Å². The van der Waals surface area contributed by atoms with Crippen molar-refractivity contribution in [3.8, 4) is 17.2 Å². The minimum atomic E-state index is 0. The molecule has 2 N–H and O–H groups in total. The number of ether oxygens (including phenoxy) is 3. The summed E-state index contributed by atoms with van der Waals surface area (Å²) in [6, 6.07) is 22.5. The second kappa shape index (κ2) is 10.4. The van der Waals surface area contributed by atoms with Gasteiger partial charge in [-0.2, -0.15) is 0 Å². The lowest BCUT2D eigenvalue weighted by Gasteiger charge is -2.29. The van der Waals surface area contributed by atoms with Crippen LogP contribution in [-0.4, -0.2) is 43.5 Å². The highest BCUT2D eigenvalue weighted by Gasteiger charge is 2.28. The van der Waals surface area contributed by atoms with Crippen LogP contribution < -0.4 is 14.2 Å². The van der Waals surface area contributed by atoms with Crippen LogP contribution in [-0.2, 0) is 6.61 Å². The summed E-state index contributed by atoms with van der Waals surface area (Å²) < 4.78 is 16.7. The van der Waals surface area contributed by atoms with Crippen LogP contribution in [0.25, 0.3) is 11.8 Å². The summed E-state index contributed by atoms with van der Waals surface area (Å²) >= 11 is 0. The van der Waals surface area contributed by atoms with Gasteiger partial charge in [-0.25, -0.2) is 0 Å². The average molecular weight is 467 g/mol. The molecule has 0 saturated carbocycles. The summed E-state index contributed by atoms with van der Waals surface area (Å²) in [5.74, 6) is 3.31. The average Bonchev–Trinajstić information content (AvgIpc) is 3.33. The van der Waals surface area contributed by atoms with E-state index < -0.39 is 0 Å². The van der Waals surface area contributed by atoms with Gasteiger partial charge in [0.1, 0.15) is 18.2 Å². The smallest absolute Gasteiger partial charge is 0.161 e. The Balaban J connectivity index is 0.00000153. The predicted octanol–water partition coefficient (Wildman–Crippen LogP) is 4.45. The molecule has 0 bridgehead atoms. The number of benzene rings is 3. The second-order valence-corrected chi connectivity index (χ2v) is 7.48. The van der Waals surface area contributed by atoms with Crippen molar-refractivity contribution in [3.63, 3.8) is 0 Å². The molecule has 2 heterocycles. The fourth-order valence-corrected chi connectivity index (χ4v) is 4.06. The molecule has 6 nitrogen and oxygen atoms in total. The highest BCUT2D eigenvalue weighted by atomic mass is 35.5. The Hall–Kier alpha value is -3.48. The molecular weight excluding hydrogens is 440 g/mol. The van der Waals surface area contributed by atoms with Crippen molar-refractivity contribution in [1.29, 1.82) is 0 Å². The lowest BCUT2D eigenvalue weighted by atomic mass is 9.97. The predicted molar refractivity (Wildman–Crippen MR) is 134 cm³/mol. The van der Waals surface area contributed by atoms with E-state index in [1.807, 2.05) is 30.3 Å². The Labute approximate surface area is 199 Å². The molecule has 0 aromatic heterocycles. The van der Waals surface area contributed by atoms with E-state index in [9.17, 15) is 0 Å². The third-order valence-electron chi connectivity index (χ3n) is 5.63. The van der Waals surface area contributed by atoms with Crippen LogP contribution in [0.3, 0.4) is 0 Å². The first-order valence-electron chi connectivity index (χ1n) is 10.3. The van der Waals surface area contributed by atoms with Crippen LogP contribution >= 0.6 is 12.4 Å². The van der Waals surface area contributed by atoms with E-state index in [0.717, 1.165) is 35.8 Å². The van der Waals surface area contributed by atoms with Crippen LogP contribution in [0.5, 0.6) is 17.2 Å². The molecule has 0 amide bonds. The lowest BCUT2D eigenvalue weighted by molar-refractivity contribution is 0.304. The molecule has 0 aliphatic carbocycles. The lowest BCUT2D eigenvalue weighted by Crippen LogP contribution is -2.30. The summed E-state index contributed by atoms with van der Waals surface area (Å²) in [4.78, 5) is 7.05. The Morgan fingerprint density at radius 2 is 1.67 bits per heavy atom. The van der Waals surface area contributed by atoms with Crippen molar-refractivity contribution in [1.82, 2.24) is 4.90 Å². The number of aliphatic imine (C=N–C) groups is 1. The van der Waals surface area contributed by atoms with Gasteiger partial charge >= 0.3 is 0 Å². The molecule has 0 fully saturated rings. The summed E-state index contributed by atoms with van der Waals surface area (Å²) in [7, 11) is 3.27. The van der Waals surface area contributed by atoms with Gasteiger partial charge in [0.15, 0.2) is 11.5 Å². The molecule has 172 valence electrons. The van der Waals surface area contributed by atoms with Crippen molar-refractivity contribution in [2.24, 2.45) is 4.99 Å². The normalized spacial score (nSPS) is 13.5. The zero-order chi connectivity index (χ0) is 21.2. The molecule has 33 heavy (non-hydrogen) atoms. The van der Waals surface area contributed by atoms with Gasteiger partial charge < -0.3 is 24.6 Å². The van der Waals surface area contributed by atoms with Crippen LogP contribution in [0, 0.1) is 0 Å². The number of methoxy groups -OCH3 is 2. The fourth-order valence-electron chi connectivity index (χ4n) is 4.06. The van der Waals surface area contributed by atoms with Gasteiger partial charge in [-0.1, -0.05) is 30.3 Å². The van der Waals surface area contributed by atoms with Crippen LogP contribution in [0.4, 0.5) is 0 Å². The molecule has 0 saturated heterocycles. The summed E-state index contributed by atoms with van der Waals surface area (Å²) in [6.07, 6.45) is 2.25. The first kappa shape index (κ1) is 24.2. The molecule has 3 aromatic rings. The SMILES string of the molecule is COc1ccc(COc2ccc(C3=Cc4ccccc4C4=NCCN34)cc2)cc1OC.Cl.O. The zero-order valence-electron chi connectivity index (χ0n) is 18.6. The quantitative estimate of drug-likeness (QED) is 0.537. The van der Waals surface area contributed by atoms with Gasteiger partial charge in [-0.05, 0) is 59.2 Å². The monoisotopic (exact) mass is 466 g/mol. The van der Waals surface area contributed by atoms with Gasteiger partial charge in [0, 0.05) is 12.1 Å². The first-order chi connectivity index (χ1) is 15.3. The van der Waals surface area contributed by atoms with Crippen molar-refractivity contribution in [2.45, 2.75) is 6.61 Å². The molecular formula is C26H27ClN2O4. The minimum absolute atomic E-state index is 0. The van der Waals surface area contributed by atoms with Gasteiger partial charge in [0.2, 0.25) is 0 Å². The van der Waals surface area contributed by atoms with E-state index in [1.54, 1.807) is 14.2 Å². The van der Waals surface area contributed by atoms with Gasteiger partial charge in [-0.15, -0.1) is 12.4 Å². The Morgan fingerprint density at radius 1 is 0.909 bits per heavy atom. The van der Waals surface area contributed by atoms with Crippen LogP contribution in [0.1, 0.15) is 22.3 Å². The molecule has 5 rings (SSSR count).